The maximum absolute atomic E-state index is 12.8. The number of rotatable bonds is 10. The minimum atomic E-state index is 0.0857. The van der Waals surface area contributed by atoms with Crippen LogP contribution in [0.15, 0.2) is 40.9 Å². The summed E-state index contributed by atoms with van der Waals surface area (Å²) in [7, 11) is 6.45. The van der Waals surface area contributed by atoms with E-state index in [0.29, 0.717) is 61.4 Å². The maximum Gasteiger partial charge on any atom is 0.227 e. The summed E-state index contributed by atoms with van der Waals surface area (Å²) in [4.78, 5) is 21.4. The molecule has 0 atom stereocenters. The van der Waals surface area contributed by atoms with Crippen LogP contribution in [-0.2, 0) is 17.8 Å². The number of hydrogen-bond acceptors (Lipinski definition) is 9. The number of amides is 1. The largest absolute Gasteiger partial charge is 0.497 e. The second kappa shape index (κ2) is 11.8. The number of carbonyl (C=O) groups is 1. The second-order valence-corrected chi connectivity index (χ2v) is 8.39. The van der Waals surface area contributed by atoms with Crippen molar-refractivity contribution >= 4 is 5.91 Å². The molecule has 36 heavy (non-hydrogen) atoms. The molecule has 1 aromatic heterocycles. The SMILES string of the molecule is COc1ccc(-c2noc(CCC(=O)N3CCN(Cc4ccc(OC)c(OC)c4OC)CC3)n2)cc1. The van der Waals surface area contributed by atoms with Gasteiger partial charge < -0.3 is 28.4 Å². The van der Waals surface area contributed by atoms with Gasteiger partial charge in [0.15, 0.2) is 11.5 Å². The topological polar surface area (TPSA) is 99.4 Å². The number of hydrogen-bond donors (Lipinski definition) is 0. The third kappa shape index (κ3) is 5.71. The number of ether oxygens (including phenoxy) is 4. The van der Waals surface area contributed by atoms with Crippen LogP contribution in [-0.4, -0.2) is 80.5 Å². The van der Waals surface area contributed by atoms with Crippen LogP contribution in [0.5, 0.6) is 23.0 Å². The summed E-state index contributed by atoms with van der Waals surface area (Å²) in [5, 5.41) is 4.03. The molecule has 0 aliphatic carbocycles. The van der Waals surface area contributed by atoms with Crippen LogP contribution in [0, 0.1) is 0 Å². The van der Waals surface area contributed by atoms with Crippen molar-refractivity contribution in [3.8, 4) is 34.4 Å². The molecule has 0 radical (unpaired) electrons. The van der Waals surface area contributed by atoms with Crippen molar-refractivity contribution in [2.45, 2.75) is 19.4 Å². The van der Waals surface area contributed by atoms with E-state index >= 15 is 0 Å². The van der Waals surface area contributed by atoms with Gasteiger partial charge in [0.2, 0.25) is 23.4 Å². The second-order valence-electron chi connectivity index (χ2n) is 8.39. The highest BCUT2D eigenvalue weighted by Gasteiger charge is 2.24. The van der Waals surface area contributed by atoms with E-state index in [1.54, 1.807) is 28.4 Å². The molecule has 1 aliphatic heterocycles. The van der Waals surface area contributed by atoms with Crippen LogP contribution in [0.4, 0.5) is 0 Å². The van der Waals surface area contributed by atoms with Gasteiger partial charge in [0.1, 0.15) is 5.75 Å². The highest BCUT2D eigenvalue weighted by atomic mass is 16.5. The van der Waals surface area contributed by atoms with Gasteiger partial charge in [-0.15, -0.1) is 0 Å². The normalized spacial score (nSPS) is 13.9. The molecule has 10 nitrogen and oxygen atoms in total. The summed E-state index contributed by atoms with van der Waals surface area (Å²) >= 11 is 0. The lowest BCUT2D eigenvalue weighted by atomic mass is 10.1. The Bertz CT molecular complexity index is 1160. The molecule has 0 saturated carbocycles. The summed E-state index contributed by atoms with van der Waals surface area (Å²) in [5.74, 6) is 3.68. The molecule has 0 N–H and O–H groups in total. The minimum Gasteiger partial charge on any atom is -0.497 e. The number of benzene rings is 2. The number of aromatic nitrogens is 2. The average Bonchev–Trinajstić information content (AvgIpc) is 3.41. The Hall–Kier alpha value is -3.79. The molecular formula is C26H32N4O6. The lowest BCUT2D eigenvalue weighted by Crippen LogP contribution is -2.48. The Labute approximate surface area is 210 Å². The van der Waals surface area contributed by atoms with Gasteiger partial charge in [-0.25, -0.2) is 0 Å². The van der Waals surface area contributed by atoms with Crippen LogP contribution in [0.25, 0.3) is 11.4 Å². The Morgan fingerprint density at radius 1 is 0.889 bits per heavy atom. The first-order chi connectivity index (χ1) is 17.6. The van der Waals surface area contributed by atoms with Crippen molar-refractivity contribution in [1.82, 2.24) is 19.9 Å². The zero-order chi connectivity index (χ0) is 25.5. The summed E-state index contributed by atoms with van der Waals surface area (Å²) in [6.45, 7) is 3.56. The van der Waals surface area contributed by atoms with Crippen LogP contribution < -0.4 is 18.9 Å². The molecule has 10 heteroatoms. The minimum absolute atomic E-state index is 0.0857. The van der Waals surface area contributed by atoms with Gasteiger partial charge in [0.25, 0.3) is 0 Å². The van der Waals surface area contributed by atoms with Crippen molar-refractivity contribution in [3.05, 3.63) is 47.9 Å². The van der Waals surface area contributed by atoms with E-state index in [1.807, 2.05) is 41.3 Å². The lowest BCUT2D eigenvalue weighted by Gasteiger charge is -2.35. The highest BCUT2D eigenvalue weighted by molar-refractivity contribution is 5.76. The highest BCUT2D eigenvalue weighted by Crippen LogP contribution is 2.40. The van der Waals surface area contributed by atoms with Gasteiger partial charge in [-0.2, -0.15) is 4.98 Å². The Morgan fingerprint density at radius 2 is 1.61 bits per heavy atom. The predicted molar refractivity (Wildman–Crippen MR) is 133 cm³/mol. The fourth-order valence-electron chi connectivity index (χ4n) is 4.27. The van der Waals surface area contributed by atoms with Crippen LogP contribution in [0.2, 0.25) is 0 Å². The van der Waals surface area contributed by atoms with Crippen molar-refractivity contribution in [1.29, 1.82) is 0 Å². The fraction of sp³-hybridized carbons (Fsp3) is 0.423. The summed E-state index contributed by atoms with van der Waals surface area (Å²) in [6, 6.07) is 11.3. The third-order valence-electron chi connectivity index (χ3n) is 6.27. The number of aryl methyl sites for hydroxylation is 1. The summed E-state index contributed by atoms with van der Waals surface area (Å²) in [5.41, 5.74) is 1.85. The summed E-state index contributed by atoms with van der Waals surface area (Å²) < 4.78 is 27.0. The average molecular weight is 497 g/mol. The number of methoxy groups -OCH3 is 4. The smallest absolute Gasteiger partial charge is 0.227 e. The van der Waals surface area contributed by atoms with Gasteiger partial charge in [-0.05, 0) is 30.3 Å². The molecule has 4 rings (SSSR count). The molecule has 1 fully saturated rings. The van der Waals surface area contributed by atoms with E-state index in [4.69, 9.17) is 23.5 Å². The van der Waals surface area contributed by atoms with Gasteiger partial charge in [0, 0.05) is 56.7 Å². The zero-order valence-electron chi connectivity index (χ0n) is 21.2. The van der Waals surface area contributed by atoms with E-state index in [9.17, 15) is 4.79 Å². The first kappa shape index (κ1) is 25.3. The quantitative estimate of drug-likeness (QED) is 0.419. The monoisotopic (exact) mass is 496 g/mol. The summed E-state index contributed by atoms with van der Waals surface area (Å²) in [6.07, 6.45) is 0.735. The molecule has 192 valence electrons. The molecule has 0 bridgehead atoms. The Morgan fingerprint density at radius 3 is 2.25 bits per heavy atom. The molecule has 0 unspecified atom stereocenters. The molecule has 1 saturated heterocycles. The lowest BCUT2D eigenvalue weighted by molar-refractivity contribution is -0.133. The molecule has 1 amide bonds. The van der Waals surface area contributed by atoms with E-state index in [2.05, 4.69) is 15.0 Å². The number of carbonyl (C=O) groups excluding carboxylic acids is 1. The van der Waals surface area contributed by atoms with Gasteiger partial charge in [0.05, 0.1) is 28.4 Å². The third-order valence-corrected chi connectivity index (χ3v) is 6.27. The molecule has 2 heterocycles. The first-order valence-corrected chi connectivity index (χ1v) is 11.8. The van der Waals surface area contributed by atoms with Crippen LogP contribution in [0.1, 0.15) is 17.9 Å². The van der Waals surface area contributed by atoms with E-state index in [0.717, 1.165) is 30.0 Å². The Balaban J connectivity index is 1.27. The van der Waals surface area contributed by atoms with Crippen molar-refractivity contribution in [2.75, 3.05) is 54.6 Å². The van der Waals surface area contributed by atoms with E-state index in [-0.39, 0.29) is 5.91 Å². The molecule has 2 aromatic carbocycles. The van der Waals surface area contributed by atoms with Gasteiger partial charge >= 0.3 is 0 Å². The molecule has 3 aromatic rings. The Kier molecular flexibility index (Phi) is 8.27. The van der Waals surface area contributed by atoms with Crippen LogP contribution >= 0.6 is 0 Å². The number of nitrogens with zero attached hydrogens (tertiary/aromatic N) is 4. The number of piperazine rings is 1. The zero-order valence-corrected chi connectivity index (χ0v) is 21.2. The molecule has 1 aliphatic rings. The molecular weight excluding hydrogens is 464 g/mol. The fourth-order valence-corrected chi connectivity index (χ4v) is 4.27. The predicted octanol–water partition coefficient (Wildman–Crippen LogP) is 3.05. The first-order valence-electron chi connectivity index (χ1n) is 11.8. The van der Waals surface area contributed by atoms with E-state index < -0.39 is 0 Å². The van der Waals surface area contributed by atoms with Gasteiger partial charge in [-0.3, -0.25) is 9.69 Å². The standard InChI is InChI=1S/C26H32N4O6/c1-32-20-8-5-18(6-9-20)26-27-22(36-28-26)11-12-23(31)30-15-13-29(14-16-30)17-19-7-10-21(33-2)25(35-4)24(19)34-3/h5-10H,11-17H2,1-4H3. The van der Waals surface area contributed by atoms with E-state index in [1.165, 1.54) is 0 Å². The van der Waals surface area contributed by atoms with Gasteiger partial charge in [-0.1, -0.05) is 11.2 Å². The van der Waals surface area contributed by atoms with Crippen LogP contribution in [0.3, 0.4) is 0 Å². The van der Waals surface area contributed by atoms with Crippen molar-refractivity contribution < 1.29 is 28.3 Å². The van der Waals surface area contributed by atoms with Crippen molar-refractivity contribution in [2.24, 2.45) is 0 Å². The van der Waals surface area contributed by atoms with Crippen molar-refractivity contribution in [3.63, 3.8) is 0 Å². The maximum atomic E-state index is 12.8. The molecule has 0 spiro atoms.